The smallest absolute Gasteiger partial charge is 0.293 e. The lowest BCUT2D eigenvalue weighted by atomic mass is 10.1. The second-order valence-electron chi connectivity index (χ2n) is 4.59. The lowest BCUT2D eigenvalue weighted by Gasteiger charge is -2.19. The summed E-state index contributed by atoms with van der Waals surface area (Å²) in [6.07, 6.45) is 0. The van der Waals surface area contributed by atoms with E-state index in [1.807, 2.05) is 11.9 Å². The first-order valence-electron chi connectivity index (χ1n) is 6.22. The predicted octanol–water partition coefficient (Wildman–Crippen LogP) is 2.66. The van der Waals surface area contributed by atoms with Gasteiger partial charge in [0.2, 0.25) is 0 Å². The molecule has 0 aliphatic heterocycles. The molecule has 0 amide bonds. The summed E-state index contributed by atoms with van der Waals surface area (Å²) < 4.78 is 13.2. The molecule has 6 nitrogen and oxygen atoms in total. The molecule has 110 valence electrons. The Morgan fingerprint density at radius 1 is 1.33 bits per heavy atom. The van der Waals surface area contributed by atoms with Crippen LogP contribution in [0.2, 0.25) is 0 Å². The fourth-order valence-corrected chi connectivity index (χ4v) is 2.04. The van der Waals surface area contributed by atoms with E-state index in [-0.39, 0.29) is 17.2 Å². The van der Waals surface area contributed by atoms with Crippen molar-refractivity contribution >= 4 is 17.1 Å². The lowest BCUT2D eigenvalue weighted by Crippen LogP contribution is -2.17. The topological polar surface area (TPSA) is 84.4 Å². The molecule has 0 spiro atoms. The van der Waals surface area contributed by atoms with Crippen LogP contribution in [0.4, 0.5) is 21.5 Å². The number of benzene rings is 2. The van der Waals surface area contributed by atoms with Gasteiger partial charge in [0.15, 0.2) is 0 Å². The van der Waals surface area contributed by atoms with Crippen LogP contribution >= 0.6 is 0 Å². The standard InChI is InChI=1S/C14H15FN4O2/c1-18(12-4-2-3-11(15)8-12)9-10-5-6-14(19(20)21)13(7-10)17-16/h2-8,17H,9,16H2,1H3. The van der Waals surface area contributed by atoms with Crippen molar-refractivity contribution in [2.45, 2.75) is 6.54 Å². The van der Waals surface area contributed by atoms with Crippen LogP contribution < -0.4 is 16.2 Å². The quantitative estimate of drug-likeness (QED) is 0.502. The van der Waals surface area contributed by atoms with Crippen molar-refractivity contribution in [2.24, 2.45) is 5.84 Å². The molecular formula is C14H15FN4O2. The van der Waals surface area contributed by atoms with Crippen LogP contribution in [0.5, 0.6) is 0 Å². The first kappa shape index (κ1) is 14.7. The molecule has 2 aromatic carbocycles. The second-order valence-corrected chi connectivity index (χ2v) is 4.59. The summed E-state index contributed by atoms with van der Waals surface area (Å²) in [6, 6.07) is 10.9. The van der Waals surface area contributed by atoms with Crippen LogP contribution in [0.15, 0.2) is 42.5 Å². The Morgan fingerprint density at radius 2 is 2.10 bits per heavy atom. The van der Waals surface area contributed by atoms with Gasteiger partial charge in [-0.05, 0) is 29.8 Å². The number of hydrogen-bond donors (Lipinski definition) is 2. The van der Waals surface area contributed by atoms with Gasteiger partial charge in [0, 0.05) is 25.3 Å². The predicted molar refractivity (Wildman–Crippen MR) is 79.4 cm³/mol. The molecule has 2 aromatic rings. The minimum atomic E-state index is -0.505. The number of halogens is 1. The van der Waals surface area contributed by atoms with Crippen molar-refractivity contribution in [3.8, 4) is 0 Å². The van der Waals surface area contributed by atoms with E-state index in [4.69, 9.17) is 5.84 Å². The van der Waals surface area contributed by atoms with Crippen molar-refractivity contribution in [1.82, 2.24) is 0 Å². The summed E-state index contributed by atoms with van der Waals surface area (Å²) in [4.78, 5) is 12.2. The fourth-order valence-electron chi connectivity index (χ4n) is 2.04. The molecule has 0 radical (unpaired) electrons. The number of nitrogens with zero attached hydrogens (tertiary/aromatic N) is 2. The number of nitro groups is 1. The van der Waals surface area contributed by atoms with E-state index in [1.165, 1.54) is 18.2 Å². The number of anilines is 2. The third kappa shape index (κ3) is 3.46. The van der Waals surface area contributed by atoms with Crippen molar-refractivity contribution in [3.63, 3.8) is 0 Å². The van der Waals surface area contributed by atoms with Gasteiger partial charge >= 0.3 is 0 Å². The molecule has 0 saturated carbocycles. The summed E-state index contributed by atoms with van der Waals surface area (Å²) in [7, 11) is 1.81. The molecular weight excluding hydrogens is 275 g/mol. The fraction of sp³-hybridized carbons (Fsp3) is 0.143. The Kier molecular flexibility index (Phi) is 4.34. The van der Waals surface area contributed by atoms with Crippen LogP contribution in [0, 0.1) is 15.9 Å². The van der Waals surface area contributed by atoms with Crippen molar-refractivity contribution in [1.29, 1.82) is 0 Å². The molecule has 0 saturated heterocycles. The number of hydrogen-bond acceptors (Lipinski definition) is 5. The number of nitrogen functional groups attached to an aromatic ring is 1. The first-order chi connectivity index (χ1) is 10.0. The van der Waals surface area contributed by atoms with Crippen LogP contribution in [0.25, 0.3) is 0 Å². The molecule has 3 N–H and O–H groups in total. The molecule has 0 aliphatic carbocycles. The highest BCUT2D eigenvalue weighted by Gasteiger charge is 2.14. The maximum atomic E-state index is 13.2. The summed E-state index contributed by atoms with van der Waals surface area (Å²) in [6.45, 7) is 0.468. The van der Waals surface area contributed by atoms with E-state index in [1.54, 1.807) is 24.3 Å². The minimum Gasteiger partial charge on any atom is -0.370 e. The first-order valence-corrected chi connectivity index (χ1v) is 6.22. The summed E-state index contributed by atoms with van der Waals surface area (Å²) in [5.74, 6) is 4.99. The Morgan fingerprint density at radius 3 is 2.71 bits per heavy atom. The van der Waals surface area contributed by atoms with Crippen LogP contribution in [-0.2, 0) is 6.54 Å². The Hall–Kier alpha value is -2.67. The third-order valence-corrected chi connectivity index (χ3v) is 3.08. The molecule has 0 aromatic heterocycles. The monoisotopic (exact) mass is 290 g/mol. The van der Waals surface area contributed by atoms with Gasteiger partial charge < -0.3 is 10.3 Å². The summed E-state index contributed by atoms with van der Waals surface area (Å²) >= 11 is 0. The summed E-state index contributed by atoms with van der Waals surface area (Å²) in [5, 5.41) is 10.8. The number of rotatable bonds is 5. The molecule has 21 heavy (non-hydrogen) atoms. The highest BCUT2D eigenvalue weighted by molar-refractivity contribution is 5.62. The zero-order valence-electron chi connectivity index (χ0n) is 11.4. The number of nitro benzene ring substituents is 1. The van der Waals surface area contributed by atoms with Gasteiger partial charge in [-0.1, -0.05) is 12.1 Å². The molecule has 0 fully saturated rings. The average molecular weight is 290 g/mol. The van der Waals surface area contributed by atoms with Gasteiger partial charge in [-0.25, -0.2) is 4.39 Å². The van der Waals surface area contributed by atoms with Gasteiger partial charge in [-0.2, -0.15) is 0 Å². The van der Waals surface area contributed by atoms with Gasteiger partial charge in [0.25, 0.3) is 5.69 Å². The highest BCUT2D eigenvalue weighted by atomic mass is 19.1. The van der Waals surface area contributed by atoms with E-state index in [2.05, 4.69) is 5.43 Å². The third-order valence-electron chi connectivity index (χ3n) is 3.08. The zero-order chi connectivity index (χ0) is 15.4. The maximum absolute atomic E-state index is 13.2. The van der Waals surface area contributed by atoms with Crippen LogP contribution in [0.1, 0.15) is 5.56 Å². The number of nitrogens with one attached hydrogen (secondary N) is 1. The molecule has 0 unspecified atom stereocenters. The number of nitrogens with two attached hydrogens (primary N) is 1. The zero-order valence-corrected chi connectivity index (χ0v) is 11.4. The lowest BCUT2D eigenvalue weighted by molar-refractivity contribution is -0.384. The van der Waals surface area contributed by atoms with Gasteiger partial charge in [0.05, 0.1) is 4.92 Å². The van der Waals surface area contributed by atoms with E-state index in [9.17, 15) is 14.5 Å². The van der Waals surface area contributed by atoms with Crippen LogP contribution in [0.3, 0.4) is 0 Å². The number of hydrazine groups is 1. The van der Waals surface area contributed by atoms with E-state index < -0.39 is 4.92 Å². The maximum Gasteiger partial charge on any atom is 0.293 e. The Balaban J connectivity index is 2.21. The van der Waals surface area contributed by atoms with Gasteiger partial charge in [0.1, 0.15) is 11.5 Å². The Labute approximate surface area is 121 Å². The Bertz CT molecular complexity index is 663. The van der Waals surface area contributed by atoms with Crippen molar-refractivity contribution in [3.05, 3.63) is 64.0 Å². The van der Waals surface area contributed by atoms with E-state index >= 15 is 0 Å². The summed E-state index contributed by atoms with van der Waals surface area (Å²) in [5.41, 5.74) is 4.01. The molecule has 7 heteroatoms. The van der Waals surface area contributed by atoms with E-state index in [0.29, 0.717) is 6.54 Å². The average Bonchev–Trinajstić information content (AvgIpc) is 2.46. The second kappa shape index (κ2) is 6.19. The molecule has 0 aliphatic rings. The molecule has 2 rings (SSSR count). The highest BCUT2D eigenvalue weighted by Crippen LogP contribution is 2.26. The van der Waals surface area contributed by atoms with Crippen LogP contribution in [-0.4, -0.2) is 12.0 Å². The van der Waals surface area contributed by atoms with E-state index in [0.717, 1.165) is 11.3 Å². The minimum absolute atomic E-state index is 0.0883. The molecule has 0 bridgehead atoms. The largest absolute Gasteiger partial charge is 0.370 e. The van der Waals surface area contributed by atoms with Crippen molar-refractivity contribution in [2.75, 3.05) is 17.4 Å². The van der Waals surface area contributed by atoms with Crippen molar-refractivity contribution < 1.29 is 9.31 Å². The molecule has 0 heterocycles. The molecule has 0 atom stereocenters. The SMILES string of the molecule is CN(Cc1ccc([N+](=O)[O-])c(NN)c1)c1cccc(F)c1. The van der Waals surface area contributed by atoms with Gasteiger partial charge in [-0.3, -0.25) is 16.0 Å². The van der Waals surface area contributed by atoms with Gasteiger partial charge in [-0.15, -0.1) is 0 Å². The normalized spacial score (nSPS) is 10.2.